The summed E-state index contributed by atoms with van der Waals surface area (Å²) in [5, 5.41) is 15.4. The van der Waals surface area contributed by atoms with Crippen molar-refractivity contribution in [1.29, 1.82) is 0 Å². The Morgan fingerprint density at radius 2 is 2.40 bits per heavy atom. The number of hydrogen-bond acceptors (Lipinski definition) is 4. The van der Waals surface area contributed by atoms with Gasteiger partial charge in [0.2, 0.25) is 0 Å². The van der Waals surface area contributed by atoms with Crippen molar-refractivity contribution in [2.24, 2.45) is 0 Å². The van der Waals surface area contributed by atoms with E-state index in [2.05, 4.69) is 15.6 Å². The van der Waals surface area contributed by atoms with Crippen LogP contribution in [0.25, 0.3) is 0 Å². The van der Waals surface area contributed by atoms with Crippen LogP contribution in [0.4, 0.5) is 9.93 Å². The van der Waals surface area contributed by atoms with Crippen molar-refractivity contribution in [3.05, 3.63) is 23.7 Å². The van der Waals surface area contributed by atoms with Gasteiger partial charge in [-0.2, -0.15) is 0 Å². The highest BCUT2D eigenvalue weighted by Gasteiger charge is 2.00. The summed E-state index contributed by atoms with van der Waals surface area (Å²) in [5.41, 5.74) is 0. The molecule has 1 aromatic heterocycles. The highest BCUT2D eigenvalue weighted by Crippen LogP contribution is 2.09. The molecule has 1 rings (SSSR count). The number of thiazole rings is 1. The minimum atomic E-state index is -1.04. The van der Waals surface area contributed by atoms with Crippen molar-refractivity contribution in [2.45, 2.75) is 0 Å². The number of aromatic nitrogens is 1. The molecule has 0 aliphatic heterocycles. The fourth-order valence-corrected chi connectivity index (χ4v) is 1.26. The van der Waals surface area contributed by atoms with Crippen LogP contribution in [0.2, 0.25) is 0 Å². The van der Waals surface area contributed by atoms with E-state index in [0.717, 1.165) is 6.08 Å². The number of aliphatic carboxylic acids is 1. The lowest BCUT2D eigenvalue weighted by Gasteiger charge is -2.01. The summed E-state index contributed by atoms with van der Waals surface area (Å²) in [7, 11) is 0. The number of carboxylic acids is 1. The van der Waals surface area contributed by atoms with Crippen molar-refractivity contribution in [3.63, 3.8) is 0 Å². The van der Waals surface area contributed by atoms with Gasteiger partial charge in [0, 0.05) is 24.2 Å². The van der Waals surface area contributed by atoms with E-state index in [1.165, 1.54) is 17.4 Å². The zero-order valence-electron chi connectivity index (χ0n) is 7.64. The minimum absolute atomic E-state index is 0.156. The molecule has 0 saturated carbocycles. The van der Waals surface area contributed by atoms with Gasteiger partial charge in [0.1, 0.15) is 0 Å². The van der Waals surface area contributed by atoms with Gasteiger partial charge in [-0.1, -0.05) is 6.08 Å². The number of amides is 2. The van der Waals surface area contributed by atoms with E-state index in [4.69, 9.17) is 5.11 Å². The molecule has 0 aliphatic rings. The molecule has 0 saturated heterocycles. The second-order valence-electron chi connectivity index (χ2n) is 2.41. The Kier molecular flexibility index (Phi) is 4.30. The molecule has 0 spiro atoms. The molecule has 3 N–H and O–H groups in total. The largest absolute Gasteiger partial charge is 0.478 e. The van der Waals surface area contributed by atoms with Gasteiger partial charge in [0.15, 0.2) is 5.13 Å². The molecule has 0 radical (unpaired) electrons. The Labute approximate surface area is 89.6 Å². The molecule has 0 fully saturated rings. The topological polar surface area (TPSA) is 91.3 Å². The maximum Gasteiger partial charge on any atom is 0.328 e. The van der Waals surface area contributed by atoms with E-state index in [1.54, 1.807) is 11.6 Å². The molecule has 15 heavy (non-hydrogen) atoms. The summed E-state index contributed by atoms with van der Waals surface area (Å²) in [6, 6.07) is -0.417. The van der Waals surface area contributed by atoms with Crippen LogP contribution in [0.5, 0.6) is 0 Å². The third-order valence-corrected chi connectivity index (χ3v) is 1.98. The summed E-state index contributed by atoms with van der Waals surface area (Å²) >= 11 is 1.30. The summed E-state index contributed by atoms with van der Waals surface area (Å²) in [5.74, 6) is -1.04. The van der Waals surface area contributed by atoms with Crippen molar-refractivity contribution >= 4 is 28.5 Å². The molecular formula is C8H9N3O3S. The number of carbonyl (C=O) groups excluding carboxylic acids is 1. The SMILES string of the molecule is O=C(O)/C=C/CNC(=O)Nc1nccs1. The maximum atomic E-state index is 11.1. The van der Waals surface area contributed by atoms with Crippen LogP contribution in [0.3, 0.4) is 0 Å². The van der Waals surface area contributed by atoms with E-state index < -0.39 is 12.0 Å². The molecule has 1 heterocycles. The number of rotatable bonds is 4. The first kappa shape index (κ1) is 11.2. The molecule has 0 aromatic carbocycles. The van der Waals surface area contributed by atoms with Gasteiger partial charge in [-0.3, -0.25) is 5.32 Å². The molecule has 0 unspecified atom stereocenters. The normalized spacial score (nSPS) is 10.1. The van der Waals surface area contributed by atoms with Gasteiger partial charge in [-0.25, -0.2) is 14.6 Å². The number of anilines is 1. The molecule has 0 bridgehead atoms. The van der Waals surface area contributed by atoms with Crippen LogP contribution in [0, 0.1) is 0 Å². The van der Waals surface area contributed by atoms with Crippen LogP contribution < -0.4 is 10.6 Å². The second kappa shape index (κ2) is 5.76. The quantitative estimate of drug-likeness (QED) is 0.666. The van der Waals surface area contributed by atoms with Gasteiger partial charge in [-0.15, -0.1) is 11.3 Å². The lowest BCUT2D eigenvalue weighted by Crippen LogP contribution is -2.28. The average molecular weight is 227 g/mol. The van der Waals surface area contributed by atoms with E-state index in [9.17, 15) is 9.59 Å². The highest BCUT2D eigenvalue weighted by atomic mass is 32.1. The molecule has 2 amide bonds. The summed E-state index contributed by atoms with van der Waals surface area (Å²) < 4.78 is 0. The summed E-state index contributed by atoms with van der Waals surface area (Å²) in [6.07, 6.45) is 3.87. The molecular weight excluding hydrogens is 218 g/mol. The number of nitrogens with one attached hydrogen (secondary N) is 2. The van der Waals surface area contributed by atoms with E-state index in [0.29, 0.717) is 5.13 Å². The molecule has 0 atom stereocenters. The van der Waals surface area contributed by atoms with Crippen LogP contribution in [0.1, 0.15) is 0 Å². The lowest BCUT2D eigenvalue weighted by atomic mass is 10.5. The Balaban J connectivity index is 2.22. The standard InChI is InChI=1S/C8H9N3O3S/c12-6(13)2-1-3-9-7(14)11-8-10-4-5-15-8/h1-2,4-5H,3H2,(H,12,13)(H2,9,10,11,14)/b2-1+. The fraction of sp³-hybridized carbons (Fsp3) is 0.125. The lowest BCUT2D eigenvalue weighted by molar-refractivity contribution is -0.131. The molecule has 0 aliphatic carbocycles. The second-order valence-corrected chi connectivity index (χ2v) is 3.31. The zero-order chi connectivity index (χ0) is 11.1. The monoisotopic (exact) mass is 227 g/mol. The zero-order valence-corrected chi connectivity index (χ0v) is 8.45. The van der Waals surface area contributed by atoms with Crippen LogP contribution in [-0.4, -0.2) is 28.6 Å². The minimum Gasteiger partial charge on any atom is -0.478 e. The van der Waals surface area contributed by atoms with Gasteiger partial charge in [0.25, 0.3) is 0 Å². The van der Waals surface area contributed by atoms with Crippen molar-refractivity contribution < 1.29 is 14.7 Å². The fourth-order valence-electron chi connectivity index (χ4n) is 0.738. The highest BCUT2D eigenvalue weighted by molar-refractivity contribution is 7.13. The molecule has 7 heteroatoms. The number of urea groups is 1. The summed E-state index contributed by atoms with van der Waals surface area (Å²) in [4.78, 5) is 25.0. The van der Waals surface area contributed by atoms with Crippen LogP contribution >= 0.6 is 11.3 Å². The number of nitrogens with zero attached hydrogens (tertiary/aromatic N) is 1. The van der Waals surface area contributed by atoms with Gasteiger partial charge < -0.3 is 10.4 Å². The molecule has 80 valence electrons. The molecule has 6 nitrogen and oxygen atoms in total. The van der Waals surface area contributed by atoms with Crippen LogP contribution in [0.15, 0.2) is 23.7 Å². The third kappa shape index (κ3) is 4.77. The van der Waals surface area contributed by atoms with Crippen molar-refractivity contribution in [3.8, 4) is 0 Å². The maximum absolute atomic E-state index is 11.1. The first-order valence-electron chi connectivity index (χ1n) is 4.02. The van der Waals surface area contributed by atoms with Gasteiger partial charge in [-0.05, 0) is 0 Å². The van der Waals surface area contributed by atoms with Crippen molar-refractivity contribution in [1.82, 2.24) is 10.3 Å². The smallest absolute Gasteiger partial charge is 0.328 e. The first-order valence-corrected chi connectivity index (χ1v) is 4.90. The third-order valence-electron chi connectivity index (χ3n) is 1.29. The van der Waals surface area contributed by atoms with E-state index in [1.807, 2.05) is 0 Å². The average Bonchev–Trinajstić information content (AvgIpc) is 2.64. The summed E-state index contributed by atoms with van der Waals surface area (Å²) in [6.45, 7) is 0.156. The van der Waals surface area contributed by atoms with E-state index in [-0.39, 0.29) is 6.54 Å². The van der Waals surface area contributed by atoms with E-state index >= 15 is 0 Å². The Morgan fingerprint density at radius 3 is 3.00 bits per heavy atom. The van der Waals surface area contributed by atoms with Gasteiger partial charge in [0.05, 0.1) is 0 Å². The Morgan fingerprint density at radius 1 is 1.60 bits per heavy atom. The first-order chi connectivity index (χ1) is 7.18. The number of hydrogen-bond donors (Lipinski definition) is 3. The van der Waals surface area contributed by atoms with Crippen molar-refractivity contribution in [2.75, 3.05) is 11.9 Å². The predicted molar refractivity (Wildman–Crippen MR) is 55.9 cm³/mol. The Bertz CT molecular complexity index is 361. The number of carboxylic acid groups (broad SMARTS) is 1. The number of carbonyl (C=O) groups is 2. The van der Waals surface area contributed by atoms with Crippen LogP contribution in [-0.2, 0) is 4.79 Å². The van der Waals surface area contributed by atoms with Gasteiger partial charge >= 0.3 is 12.0 Å². The molecule has 1 aromatic rings. The Hall–Kier alpha value is -1.89. The predicted octanol–water partition coefficient (Wildman–Crippen LogP) is 0.905.